The predicted molar refractivity (Wildman–Crippen MR) is 63.4 cm³/mol. The predicted octanol–water partition coefficient (Wildman–Crippen LogP) is 3.19. The third kappa shape index (κ3) is 1.76. The van der Waals surface area contributed by atoms with Gasteiger partial charge in [0.25, 0.3) is 0 Å². The van der Waals surface area contributed by atoms with Crippen LogP contribution in [-0.2, 0) is 0 Å². The summed E-state index contributed by atoms with van der Waals surface area (Å²) in [6, 6.07) is 6.34. The number of rotatable bonds is 1. The summed E-state index contributed by atoms with van der Waals surface area (Å²) in [5.74, 6) is 0.167. The zero-order chi connectivity index (χ0) is 11.8. The summed E-state index contributed by atoms with van der Waals surface area (Å²) in [4.78, 5) is 8.44. The molecule has 17 heavy (non-hydrogen) atoms. The molecule has 0 aliphatic carbocycles. The molecule has 0 unspecified atom stereocenters. The normalized spacial score (nSPS) is 10.9. The Hall–Kier alpha value is -1.94. The van der Waals surface area contributed by atoms with Crippen LogP contribution < -0.4 is 0 Å². The zero-order valence-electron chi connectivity index (χ0n) is 8.64. The van der Waals surface area contributed by atoms with E-state index in [0.29, 0.717) is 11.5 Å². The molecule has 84 valence electrons. The number of fused-ring (bicyclic) bond motifs is 1. The molecule has 0 aliphatic rings. The van der Waals surface area contributed by atoms with E-state index in [2.05, 4.69) is 9.97 Å². The molecule has 0 aliphatic heterocycles. The first-order valence-corrected chi connectivity index (χ1v) is 5.37. The Labute approximate surface area is 102 Å². The van der Waals surface area contributed by atoms with Crippen LogP contribution in [0.3, 0.4) is 0 Å². The van der Waals surface area contributed by atoms with Gasteiger partial charge >= 0.3 is 0 Å². The fraction of sp³-hybridized carbons (Fsp3) is 0. The van der Waals surface area contributed by atoms with Gasteiger partial charge in [0.2, 0.25) is 5.78 Å². The van der Waals surface area contributed by atoms with Crippen LogP contribution in [-0.4, -0.2) is 14.4 Å². The van der Waals surface area contributed by atoms with Gasteiger partial charge in [-0.1, -0.05) is 11.6 Å². The largest absolute Gasteiger partial charge is 0.291 e. The van der Waals surface area contributed by atoms with Crippen molar-refractivity contribution < 1.29 is 4.39 Å². The summed E-state index contributed by atoms with van der Waals surface area (Å²) >= 11 is 5.74. The fourth-order valence-corrected chi connectivity index (χ4v) is 1.81. The van der Waals surface area contributed by atoms with E-state index in [0.717, 1.165) is 5.56 Å². The van der Waals surface area contributed by atoms with Crippen LogP contribution in [0.5, 0.6) is 0 Å². The van der Waals surface area contributed by atoms with Crippen molar-refractivity contribution in [2.45, 2.75) is 0 Å². The maximum Gasteiger partial charge on any atom is 0.234 e. The van der Waals surface area contributed by atoms with Crippen LogP contribution in [0.15, 0.2) is 42.9 Å². The van der Waals surface area contributed by atoms with Crippen molar-refractivity contribution in [3.8, 4) is 11.3 Å². The lowest BCUT2D eigenvalue weighted by Crippen LogP contribution is -1.83. The highest BCUT2D eigenvalue weighted by molar-refractivity contribution is 6.31. The zero-order valence-corrected chi connectivity index (χ0v) is 9.39. The Bertz CT molecular complexity index is 660. The molecule has 0 amide bonds. The second kappa shape index (κ2) is 3.82. The van der Waals surface area contributed by atoms with E-state index in [4.69, 9.17) is 11.6 Å². The Balaban J connectivity index is 2.17. The van der Waals surface area contributed by atoms with Crippen molar-refractivity contribution in [3.05, 3.63) is 53.7 Å². The second-order valence-corrected chi connectivity index (χ2v) is 3.99. The van der Waals surface area contributed by atoms with Gasteiger partial charge in [0.15, 0.2) is 0 Å². The summed E-state index contributed by atoms with van der Waals surface area (Å²) < 4.78 is 14.8. The van der Waals surface area contributed by atoms with Crippen LogP contribution in [0.2, 0.25) is 5.02 Å². The molecule has 0 fully saturated rings. The molecular weight excluding hydrogens is 241 g/mol. The lowest BCUT2D eigenvalue weighted by atomic mass is 10.2. The standard InChI is InChI=1S/C12H7ClFN3/c13-9-6-8(2-3-10(9)14)11-7-17-5-1-4-15-12(17)16-11/h1-7H. The van der Waals surface area contributed by atoms with Gasteiger partial charge in [-0.3, -0.25) is 4.40 Å². The molecule has 3 nitrogen and oxygen atoms in total. The molecule has 0 saturated heterocycles. The third-order valence-electron chi connectivity index (χ3n) is 2.45. The molecule has 2 heterocycles. The first kappa shape index (κ1) is 10.2. The second-order valence-electron chi connectivity index (χ2n) is 3.58. The number of aromatic nitrogens is 3. The van der Waals surface area contributed by atoms with Crippen LogP contribution in [0, 0.1) is 5.82 Å². The summed E-state index contributed by atoms with van der Waals surface area (Å²) in [6.07, 6.45) is 5.35. The fourth-order valence-electron chi connectivity index (χ4n) is 1.62. The van der Waals surface area contributed by atoms with E-state index < -0.39 is 5.82 Å². The number of benzene rings is 1. The molecule has 0 N–H and O–H groups in total. The number of hydrogen-bond acceptors (Lipinski definition) is 2. The van der Waals surface area contributed by atoms with Gasteiger partial charge in [0.1, 0.15) is 5.82 Å². The Morgan fingerprint density at radius 2 is 2.18 bits per heavy atom. The number of nitrogens with zero attached hydrogens (tertiary/aromatic N) is 3. The van der Waals surface area contributed by atoms with Gasteiger partial charge in [-0.2, -0.15) is 0 Å². The van der Waals surface area contributed by atoms with Crippen molar-refractivity contribution >= 4 is 17.4 Å². The van der Waals surface area contributed by atoms with E-state index in [1.54, 1.807) is 22.7 Å². The molecule has 3 aromatic rings. The number of halogens is 2. The summed E-state index contributed by atoms with van der Waals surface area (Å²) in [7, 11) is 0. The highest BCUT2D eigenvalue weighted by atomic mass is 35.5. The first-order chi connectivity index (χ1) is 8.24. The molecular formula is C12H7ClFN3. The number of imidazole rings is 1. The van der Waals surface area contributed by atoms with Crippen molar-refractivity contribution in [1.82, 2.24) is 14.4 Å². The van der Waals surface area contributed by atoms with Crippen LogP contribution in [0.1, 0.15) is 0 Å². The highest BCUT2D eigenvalue weighted by Gasteiger charge is 2.07. The van der Waals surface area contributed by atoms with Crippen molar-refractivity contribution in [2.24, 2.45) is 0 Å². The van der Waals surface area contributed by atoms with Crippen LogP contribution in [0.4, 0.5) is 4.39 Å². The van der Waals surface area contributed by atoms with E-state index in [1.807, 2.05) is 18.5 Å². The van der Waals surface area contributed by atoms with Gasteiger partial charge < -0.3 is 0 Å². The highest BCUT2D eigenvalue weighted by Crippen LogP contribution is 2.24. The minimum Gasteiger partial charge on any atom is -0.291 e. The van der Waals surface area contributed by atoms with Gasteiger partial charge in [-0.05, 0) is 24.3 Å². The minimum absolute atomic E-state index is 0.0903. The SMILES string of the molecule is Fc1ccc(-c2cn3cccnc3n2)cc1Cl. The quantitative estimate of drug-likeness (QED) is 0.661. The summed E-state index contributed by atoms with van der Waals surface area (Å²) in [6.45, 7) is 0. The molecule has 0 saturated carbocycles. The minimum atomic E-state index is -0.433. The maximum atomic E-state index is 13.0. The summed E-state index contributed by atoms with van der Waals surface area (Å²) in [5.41, 5.74) is 1.48. The van der Waals surface area contributed by atoms with Crippen molar-refractivity contribution in [1.29, 1.82) is 0 Å². The maximum absolute atomic E-state index is 13.0. The topological polar surface area (TPSA) is 30.2 Å². The monoisotopic (exact) mass is 247 g/mol. The Morgan fingerprint density at radius 3 is 2.94 bits per heavy atom. The Kier molecular flexibility index (Phi) is 2.30. The van der Waals surface area contributed by atoms with Gasteiger partial charge in [0, 0.05) is 24.2 Å². The summed E-state index contributed by atoms with van der Waals surface area (Å²) in [5, 5.41) is 0.0903. The van der Waals surface area contributed by atoms with Crippen LogP contribution in [0.25, 0.3) is 17.0 Å². The average Bonchev–Trinajstić information content (AvgIpc) is 2.76. The molecule has 0 atom stereocenters. The molecule has 0 radical (unpaired) electrons. The lowest BCUT2D eigenvalue weighted by Gasteiger charge is -1.97. The molecule has 0 bridgehead atoms. The molecule has 5 heteroatoms. The Morgan fingerprint density at radius 1 is 1.29 bits per heavy atom. The van der Waals surface area contributed by atoms with E-state index in [1.165, 1.54) is 6.07 Å². The average molecular weight is 248 g/mol. The first-order valence-electron chi connectivity index (χ1n) is 4.99. The molecule has 3 rings (SSSR count). The van der Waals surface area contributed by atoms with E-state index >= 15 is 0 Å². The molecule has 0 spiro atoms. The van der Waals surface area contributed by atoms with Crippen molar-refractivity contribution in [3.63, 3.8) is 0 Å². The van der Waals surface area contributed by atoms with Gasteiger partial charge in [-0.25, -0.2) is 14.4 Å². The van der Waals surface area contributed by atoms with Crippen molar-refractivity contribution in [2.75, 3.05) is 0 Å². The van der Waals surface area contributed by atoms with E-state index in [9.17, 15) is 4.39 Å². The lowest BCUT2D eigenvalue weighted by molar-refractivity contribution is 0.628. The van der Waals surface area contributed by atoms with Gasteiger partial charge in [0.05, 0.1) is 10.7 Å². The molecule has 1 aromatic carbocycles. The third-order valence-corrected chi connectivity index (χ3v) is 2.74. The van der Waals surface area contributed by atoms with Crippen LogP contribution >= 0.6 is 11.6 Å². The number of hydrogen-bond donors (Lipinski definition) is 0. The smallest absolute Gasteiger partial charge is 0.234 e. The van der Waals surface area contributed by atoms with E-state index in [-0.39, 0.29) is 5.02 Å². The molecule has 2 aromatic heterocycles. The van der Waals surface area contributed by atoms with Gasteiger partial charge in [-0.15, -0.1) is 0 Å².